The molecule has 1 aromatic carbocycles. The van der Waals surface area contributed by atoms with Gasteiger partial charge in [-0.2, -0.15) is 4.31 Å². The quantitative estimate of drug-likeness (QED) is 0.853. The van der Waals surface area contributed by atoms with Gasteiger partial charge in [-0.05, 0) is 31.0 Å². The first-order valence-electron chi connectivity index (χ1n) is 8.67. The highest BCUT2D eigenvalue weighted by atomic mass is 32.2. The third-order valence-electron chi connectivity index (χ3n) is 4.81. The first kappa shape index (κ1) is 18.8. The Balaban J connectivity index is 1.86. The molecule has 140 valence electrons. The number of fused-ring (bicyclic) bond motifs is 1. The van der Waals surface area contributed by atoms with Gasteiger partial charge < -0.3 is 5.11 Å². The summed E-state index contributed by atoms with van der Waals surface area (Å²) in [7, 11) is -3.68. The summed E-state index contributed by atoms with van der Waals surface area (Å²) in [6.07, 6.45) is 2.16. The molecule has 0 amide bonds. The largest absolute Gasteiger partial charge is 0.480 e. The predicted octanol–water partition coefficient (Wildman–Crippen LogP) is 1.71. The highest BCUT2D eigenvalue weighted by Crippen LogP contribution is 2.26. The van der Waals surface area contributed by atoms with E-state index in [0.717, 1.165) is 10.9 Å². The van der Waals surface area contributed by atoms with Gasteiger partial charge in [0.05, 0.1) is 5.52 Å². The summed E-state index contributed by atoms with van der Waals surface area (Å²) in [5.41, 5.74) is 1.44. The van der Waals surface area contributed by atoms with E-state index in [1.165, 1.54) is 4.31 Å². The van der Waals surface area contributed by atoms with E-state index in [9.17, 15) is 18.3 Å². The molecule has 0 spiro atoms. The zero-order chi connectivity index (χ0) is 18.9. The molecular weight excluding hydrogens is 354 g/mol. The van der Waals surface area contributed by atoms with Crippen LogP contribution in [0.1, 0.15) is 18.9 Å². The van der Waals surface area contributed by atoms with E-state index in [1.807, 2.05) is 30.9 Å². The van der Waals surface area contributed by atoms with Crippen LogP contribution in [0.25, 0.3) is 10.9 Å². The Bertz CT molecular complexity index is 921. The second-order valence-corrected chi connectivity index (χ2v) is 8.45. The molecular formula is C18H23N3O4S. The summed E-state index contributed by atoms with van der Waals surface area (Å²) in [5.74, 6) is -0.863. The lowest BCUT2D eigenvalue weighted by molar-refractivity contribution is -0.143. The molecule has 1 saturated heterocycles. The Labute approximate surface area is 153 Å². The average molecular weight is 377 g/mol. The van der Waals surface area contributed by atoms with Gasteiger partial charge in [0.1, 0.15) is 10.9 Å². The molecule has 0 saturated carbocycles. The number of carboxylic acids is 1. The summed E-state index contributed by atoms with van der Waals surface area (Å²) in [6, 6.07) is 6.51. The van der Waals surface area contributed by atoms with Crippen molar-refractivity contribution < 1.29 is 18.3 Å². The Kier molecular flexibility index (Phi) is 5.27. The van der Waals surface area contributed by atoms with Crippen molar-refractivity contribution in [3.63, 3.8) is 0 Å². The molecule has 7 nitrogen and oxygen atoms in total. The fraction of sp³-hybridized carbons (Fsp3) is 0.444. The second kappa shape index (κ2) is 7.30. The number of nitrogens with zero attached hydrogens (tertiary/aromatic N) is 3. The van der Waals surface area contributed by atoms with Crippen LogP contribution in [0.15, 0.2) is 35.4 Å². The van der Waals surface area contributed by atoms with Gasteiger partial charge in [0, 0.05) is 37.8 Å². The number of benzene rings is 1. The number of carboxylic acid groups (broad SMARTS) is 1. The van der Waals surface area contributed by atoms with Gasteiger partial charge in [0.2, 0.25) is 10.0 Å². The second-order valence-electron chi connectivity index (χ2n) is 6.54. The molecule has 2 heterocycles. The molecule has 0 aliphatic carbocycles. The van der Waals surface area contributed by atoms with E-state index in [1.54, 1.807) is 18.3 Å². The molecule has 1 aromatic heterocycles. The lowest BCUT2D eigenvalue weighted by Gasteiger charge is -2.36. The van der Waals surface area contributed by atoms with Crippen molar-refractivity contribution in [3.05, 3.63) is 36.0 Å². The number of aliphatic carboxylic acids is 1. The van der Waals surface area contributed by atoms with Crippen molar-refractivity contribution in [2.75, 3.05) is 26.2 Å². The van der Waals surface area contributed by atoms with Crippen LogP contribution in [0.2, 0.25) is 0 Å². The number of hydrogen-bond donors (Lipinski definition) is 1. The highest BCUT2D eigenvalue weighted by Gasteiger charge is 2.33. The van der Waals surface area contributed by atoms with Crippen molar-refractivity contribution in [2.24, 2.45) is 0 Å². The number of pyridine rings is 1. The number of aryl methyl sites for hydroxylation is 1. The first-order valence-corrected chi connectivity index (χ1v) is 10.1. The molecule has 1 N–H and O–H groups in total. The van der Waals surface area contributed by atoms with Crippen molar-refractivity contribution in [1.29, 1.82) is 0 Å². The zero-order valence-corrected chi connectivity index (χ0v) is 15.7. The minimum atomic E-state index is -3.68. The summed E-state index contributed by atoms with van der Waals surface area (Å²) in [5, 5.41) is 10.1. The van der Waals surface area contributed by atoms with Crippen molar-refractivity contribution in [2.45, 2.75) is 31.2 Å². The number of piperazine rings is 1. The summed E-state index contributed by atoms with van der Waals surface area (Å²) in [6.45, 7) is 5.09. The minimum absolute atomic E-state index is 0.203. The lowest BCUT2D eigenvalue weighted by Crippen LogP contribution is -2.53. The van der Waals surface area contributed by atoms with Crippen LogP contribution in [0, 0.1) is 6.92 Å². The number of rotatable bonds is 5. The normalized spacial score (nSPS) is 18.1. The fourth-order valence-electron chi connectivity index (χ4n) is 3.43. The standard InChI is InChI=1S/C18H23N3O4S/c1-3-15(18(22)23)20-7-9-21(10-8-20)26(24,25)16-6-4-5-14-11-13(2)12-19-17(14)16/h4-6,11-12,15H,3,7-10H2,1-2H3,(H,22,23). The van der Waals surface area contributed by atoms with Crippen LogP contribution < -0.4 is 0 Å². The van der Waals surface area contributed by atoms with Crippen LogP contribution in [-0.4, -0.2) is 65.9 Å². The van der Waals surface area contributed by atoms with Gasteiger partial charge in [-0.1, -0.05) is 19.1 Å². The molecule has 1 aliphatic rings. The van der Waals surface area contributed by atoms with Crippen LogP contribution >= 0.6 is 0 Å². The Morgan fingerprint density at radius 1 is 1.27 bits per heavy atom. The Morgan fingerprint density at radius 3 is 2.58 bits per heavy atom. The smallest absolute Gasteiger partial charge is 0.320 e. The van der Waals surface area contributed by atoms with Gasteiger partial charge in [-0.25, -0.2) is 8.42 Å². The first-order chi connectivity index (χ1) is 12.3. The monoisotopic (exact) mass is 377 g/mol. The maximum atomic E-state index is 13.1. The number of hydrogen-bond acceptors (Lipinski definition) is 5. The zero-order valence-electron chi connectivity index (χ0n) is 14.9. The number of carbonyl (C=O) groups is 1. The third-order valence-corrected chi connectivity index (χ3v) is 6.74. The average Bonchev–Trinajstić information content (AvgIpc) is 2.61. The summed E-state index contributed by atoms with van der Waals surface area (Å²) >= 11 is 0. The molecule has 1 atom stereocenters. The summed E-state index contributed by atoms with van der Waals surface area (Å²) < 4.78 is 27.7. The Hall–Kier alpha value is -2.03. The molecule has 2 aromatic rings. The van der Waals surface area contributed by atoms with Crippen LogP contribution in [0.4, 0.5) is 0 Å². The van der Waals surface area contributed by atoms with Crippen molar-refractivity contribution in [3.8, 4) is 0 Å². The van der Waals surface area contributed by atoms with Gasteiger partial charge in [-0.3, -0.25) is 14.7 Å². The molecule has 26 heavy (non-hydrogen) atoms. The van der Waals surface area contributed by atoms with Crippen molar-refractivity contribution >= 4 is 26.9 Å². The maximum absolute atomic E-state index is 13.1. The Morgan fingerprint density at radius 2 is 1.96 bits per heavy atom. The fourth-order valence-corrected chi connectivity index (χ4v) is 5.02. The number of para-hydroxylation sites is 1. The topological polar surface area (TPSA) is 90.8 Å². The summed E-state index contributed by atoms with van der Waals surface area (Å²) in [4.78, 5) is 17.7. The molecule has 1 aliphatic heterocycles. The predicted molar refractivity (Wildman–Crippen MR) is 98.5 cm³/mol. The van der Waals surface area contributed by atoms with Gasteiger partial charge >= 0.3 is 5.97 Å². The van der Waals surface area contributed by atoms with E-state index in [2.05, 4.69) is 4.98 Å². The van der Waals surface area contributed by atoms with E-state index < -0.39 is 22.0 Å². The van der Waals surface area contributed by atoms with E-state index >= 15 is 0 Å². The van der Waals surface area contributed by atoms with E-state index in [4.69, 9.17) is 0 Å². The van der Waals surface area contributed by atoms with Crippen molar-refractivity contribution in [1.82, 2.24) is 14.2 Å². The highest BCUT2D eigenvalue weighted by molar-refractivity contribution is 7.89. The van der Waals surface area contributed by atoms with Gasteiger partial charge in [0.15, 0.2) is 0 Å². The maximum Gasteiger partial charge on any atom is 0.320 e. The number of aromatic nitrogens is 1. The third kappa shape index (κ3) is 3.44. The van der Waals surface area contributed by atoms with Crippen LogP contribution in [0.3, 0.4) is 0 Å². The van der Waals surface area contributed by atoms with E-state index in [-0.39, 0.29) is 18.0 Å². The SMILES string of the molecule is CCC(C(=O)O)N1CCN(S(=O)(=O)c2cccc3cc(C)cnc23)CC1. The molecule has 8 heteroatoms. The van der Waals surface area contributed by atoms with Gasteiger partial charge in [-0.15, -0.1) is 0 Å². The molecule has 0 radical (unpaired) electrons. The molecule has 1 fully saturated rings. The minimum Gasteiger partial charge on any atom is -0.480 e. The van der Waals surface area contributed by atoms with Crippen LogP contribution in [-0.2, 0) is 14.8 Å². The van der Waals surface area contributed by atoms with E-state index in [0.29, 0.717) is 25.0 Å². The molecule has 1 unspecified atom stereocenters. The van der Waals surface area contributed by atoms with Gasteiger partial charge in [0.25, 0.3) is 0 Å². The lowest BCUT2D eigenvalue weighted by atomic mass is 10.1. The molecule has 3 rings (SSSR count). The van der Waals surface area contributed by atoms with Crippen LogP contribution in [0.5, 0.6) is 0 Å². The number of sulfonamides is 1. The molecule has 0 bridgehead atoms.